The molecule has 1 unspecified atom stereocenters. The van der Waals surface area contributed by atoms with Gasteiger partial charge < -0.3 is 14.4 Å². The molecule has 1 atom stereocenters. The summed E-state index contributed by atoms with van der Waals surface area (Å²) in [5.41, 5.74) is 0.624. The van der Waals surface area contributed by atoms with Crippen LogP contribution in [0.25, 0.3) is 0 Å². The molecule has 1 aliphatic rings. The molecule has 5 nitrogen and oxygen atoms in total. The van der Waals surface area contributed by atoms with E-state index >= 15 is 0 Å². The molecule has 0 bridgehead atoms. The molecule has 0 spiro atoms. The molecular weight excluding hydrogens is 280 g/mol. The van der Waals surface area contributed by atoms with Gasteiger partial charge in [0.05, 0.1) is 6.04 Å². The van der Waals surface area contributed by atoms with E-state index in [0.29, 0.717) is 12.5 Å². The second-order valence-corrected chi connectivity index (χ2v) is 6.81. The van der Waals surface area contributed by atoms with Gasteiger partial charge in [-0.15, -0.1) is 0 Å². The number of carbonyl (C=O) groups excluding carboxylic acids is 1. The van der Waals surface area contributed by atoms with Crippen LogP contribution in [0.15, 0.2) is 18.3 Å². The van der Waals surface area contributed by atoms with Gasteiger partial charge in [0.2, 0.25) is 5.88 Å². The van der Waals surface area contributed by atoms with Gasteiger partial charge in [-0.25, -0.2) is 9.78 Å². The first kappa shape index (κ1) is 16.6. The third kappa shape index (κ3) is 4.90. The minimum atomic E-state index is -0.474. The molecule has 1 aromatic heterocycles. The van der Waals surface area contributed by atoms with Crippen molar-refractivity contribution in [1.29, 1.82) is 0 Å². The second kappa shape index (κ2) is 6.99. The van der Waals surface area contributed by atoms with Crippen molar-refractivity contribution in [2.45, 2.75) is 58.6 Å². The molecule has 0 N–H and O–H groups in total. The summed E-state index contributed by atoms with van der Waals surface area (Å²) in [6, 6.07) is 3.87. The van der Waals surface area contributed by atoms with Crippen LogP contribution in [0.4, 0.5) is 4.79 Å². The predicted molar refractivity (Wildman–Crippen MR) is 85.0 cm³/mol. The van der Waals surface area contributed by atoms with Gasteiger partial charge in [-0.05, 0) is 52.5 Å². The molecule has 0 saturated carbocycles. The normalized spacial score (nSPS) is 18.9. The number of piperidine rings is 1. The quantitative estimate of drug-likeness (QED) is 0.857. The molecule has 0 radical (unpaired) electrons. The van der Waals surface area contributed by atoms with E-state index in [1.807, 2.05) is 39.8 Å². The van der Waals surface area contributed by atoms with Crippen LogP contribution >= 0.6 is 0 Å². The summed E-state index contributed by atoms with van der Waals surface area (Å²) in [7, 11) is 0. The zero-order chi connectivity index (χ0) is 16.2. The molecule has 5 heteroatoms. The fourth-order valence-electron chi connectivity index (χ4n) is 2.46. The molecule has 22 heavy (non-hydrogen) atoms. The van der Waals surface area contributed by atoms with E-state index in [0.717, 1.165) is 31.4 Å². The number of likely N-dealkylation sites (tertiary alicyclic amines) is 1. The highest BCUT2D eigenvalue weighted by Crippen LogP contribution is 2.21. The molecule has 2 rings (SSSR count). The summed E-state index contributed by atoms with van der Waals surface area (Å²) in [5, 5.41) is 0. The van der Waals surface area contributed by atoms with Crippen LogP contribution in [0.5, 0.6) is 5.88 Å². The Balaban J connectivity index is 1.94. The highest BCUT2D eigenvalue weighted by Gasteiger charge is 2.30. The molecule has 1 aliphatic heterocycles. The van der Waals surface area contributed by atoms with Crippen LogP contribution in [-0.4, -0.2) is 40.8 Å². The van der Waals surface area contributed by atoms with Crippen LogP contribution in [0, 0.1) is 6.92 Å². The summed E-state index contributed by atoms with van der Waals surface area (Å²) < 4.78 is 11.2. The van der Waals surface area contributed by atoms with Crippen molar-refractivity contribution in [1.82, 2.24) is 9.88 Å². The van der Waals surface area contributed by atoms with Crippen LogP contribution < -0.4 is 4.74 Å². The number of amides is 1. The number of hydrogen-bond acceptors (Lipinski definition) is 4. The first-order valence-electron chi connectivity index (χ1n) is 7.90. The lowest BCUT2D eigenvalue weighted by Crippen LogP contribution is -2.48. The van der Waals surface area contributed by atoms with Crippen LogP contribution in [0.1, 0.15) is 45.6 Å². The van der Waals surface area contributed by atoms with Crippen molar-refractivity contribution >= 4 is 6.09 Å². The minimum absolute atomic E-state index is 0.0479. The summed E-state index contributed by atoms with van der Waals surface area (Å²) in [4.78, 5) is 18.3. The molecule has 1 fully saturated rings. The number of hydrogen-bond donors (Lipinski definition) is 0. The van der Waals surface area contributed by atoms with E-state index in [-0.39, 0.29) is 12.1 Å². The lowest BCUT2D eigenvalue weighted by molar-refractivity contribution is 0.00335. The Bertz CT molecular complexity index is 494. The van der Waals surface area contributed by atoms with Crippen LogP contribution in [-0.2, 0) is 4.74 Å². The molecule has 0 aliphatic carbocycles. The lowest BCUT2D eigenvalue weighted by atomic mass is 10.0. The summed E-state index contributed by atoms with van der Waals surface area (Å²) in [6.45, 7) is 8.82. The van der Waals surface area contributed by atoms with E-state index in [2.05, 4.69) is 4.98 Å². The van der Waals surface area contributed by atoms with Crippen molar-refractivity contribution in [3.63, 3.8) is 0 Å². The topological polar surface area (TPSA) is 51.7 Å². The zero-order valence-corrected chi connectivity index (χ0v) is 14.0. The Kier molecular flexibility index (Phi) is 5.27. The van der Waals surface area contributed by atoms with Gasteiger partial charge in [0.15, 0.2) is 0 Å². The monoisotopic (exact) mass is 306 g/mol. The number of ether oxygens (including phenoxy) is 2. The molecule has 0 aromatic carbocycles. The smallest absolute Gasteiger partial charge is 0.410 e. The van der Waals surface area contributed by atoms with Crippen molar-refractivity contribution in [2.24, 2.45) is 0 Å². The Hall–Kier alpha value is -1.78. The maximum Gasteiger partial charge on any atom is 0.410 e. The highest BCUT2D eigenvalue weighted by atomic mass is 16.6. The SMILES string of the molecule is Cc1ccc(OCC2CCCCN2C(=O)OC(C)(C)C)nc1. The fraction of sp³-hybridized carbons (Fsp3) is 0.647. The van der Waals surface area contributed by atoms with Crippen molar-refractivity contribution in [3.8, 4) is 5.88 Å². The molecule has 1 saturated heterocycles. The number of carbonyl (C=O) groups is 1. The van der Waals surface area contributed by atoms with Gasteiger partial charge in [0.25, 0.3) is 0 Å². The summed E-state index contributed by atoms with van der Waals surface area (Å²) >= 11 is 0. The molecule has 1 amide bonds. The Morgan fingerprint density at radius 1 is 1.36 bits per heavy atom. The van der Waals surface area contributed by atoms with E-state index in [1.165, 1.54) is 0 Å². The number of nitrogens with zero attached hydrogens (tertiary/aromatic N) is 2. The van der Waals surface area contributed by atoms with Gasteiger partial charge in [-0.2, -0.15) is 0 Å². The van der Waals surface area contributed by atoms with E-state index in [9.17, 15) is 4.79 Å². The minimum Gasteiger partial charge on any atom is -0.475 e. The van der Waals surface area contributed by atoms with Gasteiger partial charge in [0.1, 0.15) is 12.2 Å². The lowest BCUT2D eigenvalue weighted by Gasteiger charge is -2.36. The van der Waals surface area contributed by atoms with Crippen LogP contribution in [0.3, 0.4) is 0 Å². The standard InChI is InChI=1S/C17H26N2O3/c1-13-8-9-15(18-11-13)21-12-14-7-5-6-10-19(14)16(20)22-17(2,3)4/h8-9,11,14H,5-7,10,12H2,1-4H3. The third-order valence-corrected chi connectivity index (χ3v) is 3.56. The second-order valence-electron chi connectivity index (χ2n) is 6.81. The van der Waals surface area contributed by atoms with E-state index in [4.69, 9.17) is 9.47 Å². The average molecular weight is 306 g/mol. The number of aromatic nitrogens is 1. The first-order valence-corrected chi connectivity index (χ1v) is 7.90. The number of rotatable bonds is 3. The van der Waals surface area contributed by atoms with Gasteiger partial charge >= 0.3 is 6.09 Å². The Morgan fingerprint density at radius 3 is 2.77 bits per heavy atom. The van der Waals surface area contributed by atoms with Crippen molar-refractivity contribution < 1.29 is 14.3 Å². The third-order valence-electron chi connectivity index (χ3n) is 3.56. The zero-order valence-electron chi connectivity index (χ0n) is 14.0. The Morgan fingerprint density at radius 2 is 2.14 bits per heavy atom. The Labute approximate surface area is 132 Å². The van der Waals surface area contributed by atoms with E-state index in [1.54, 1.807) is 11.1 Å². The molecule has 1 aromatic rings. The van der Waals surface area contributed by atoms with Crippen molar-refractivity contribution in [2.75, 3.05) is 13.2 Å². The van der Waals surface area contributed by atoms with E-state index < -0.39 is 5.60 Å². The first-order chi connectivity index (χ1) is 10.3. The summed E-state index contributed by atoms with van der Waals surface area (Å²) in [6.07, 6.45) is 4.58. The molecular formula is C17H26N2O3. The maximum absolute atomic E-state index is 12.3. The highest BCUT2D eigenvalue weighted by molar-refractivity contribution is 5.68. The van der Waals surface area contributed by atoms with Crippen molar-refractivity contribution in [3.05, 3.63) is 23.9 Å². The largest absolute Gasteiger partial charge is 0.475 e. The number of pyridine rings is 1. The van der Waals surface area contributed by atoms with Gasteiger partial charge in [0, 0.05) is 18.8 Å². The molecule has 122 valence electrons. The maximum atomic E-state index is 12.3. The van der Waals surface area contributed by atoms with Gasteiger partial charge in [-0.1, -0.05) is 6.07 Å². The molecule has 2 heterocycles. The fourth-order valence-corrected chi connectivity index (χ4v) is 2.46. The van der Waals surface area contributed by atoms with Gasteiger partial charge in [-0.3, -0.25) is 0 Å². The summed E-state index contributed by atoms with van der Waals surface area (Å²) in [5.74, 6) is 0.598. The van der Waals surface area contributed by atoms with Crippen LogP contribution in [0.2, 0.25) is 0 Å². The number of aryl methyl sites for hydroxylation is 1. The predicted octanol–water partition coefficient (Wildman–Crippen LogP) is 3.56. The average Bonchev–Trinajstić information content (AvgIpc) is 2.45.